The first-order chi connectivity index (χ1) is 6.90. The number of hydrogen-bond donors (Lipinski definition) is 1. The molecular formula is C10H15ClN2OS. The second kappa shape index (κ2) is 5.03. The Morgan fingerprint density at radius 2 is 2.20 bits per heavy atom. The van der Waals surface area contributed by atoms with Gasteiger partial charge in [-0.3, -0.25) is 4.79 Å². The van der Waals surface area contributed by atoms with E-state index in [9.17, 15) is 4.79 Å². The van der Waals surface area contributed by atoms with E-state index in [1.165, 1.54) is 6.07 Å². The smallest absolute Gasteiger partial charge is 0.251 e. The lowest BCUT2D eigenvalue weighted by Gasteiger charge is -2.16. The number of aromatic nitrogens is 2. The molecule has 1 aromatic heterocycles. The minimum atomic E-state index is -0.134. The number of nitrogens with one attached hydrogen (secondary N) is 1. The van der Waals surface area contributed by atoms with Crippen LogP contribution in [0, 0.1) is 0 Å². The summed E-state index contributed by atoms with van der Waals surface area (Å²) < 4.78 is 0.162. The molecule has 0 atom stereocenters. The molecule has 1 aromatic rings. The standard InChI is InChI=1S/C10H15ClN2OS/c1-10(2,3)15-6-8-12-7(5-11)4-9(14)13-8/h4H,5-6H2,1-3H3,(H,12,13,14). The lowest BCUT2D eigenvalue weighted by Crippen LogP contribution is -2.14. The summed E-state index contributed by atoms with van der Waals surface area (Å²) in [5.41, 5.74) is 0.495. The Hall–Kier alpha value is -0.480. The molecule has 1 N–H and O–H groups in total. The van der Waals surface area contributed by atoms with Crippen molar-refractivity contribution in [2.45, 2.75) is 37.2 Å². The van der Waals surface area contributed by atoms with Gasteiger partial charge in [0.15, 0.2) is 0 Å². The maximum Gasteiger partial charge on any atom is 0.251 e. The number of H-pyrrole nitrogens is 1. The topological polar surface area (TPSA) is 45.8 Å². The molecule has 0 bridgehead atoms. The van der Waals surface area contributed by atoms with Crippen LogP contribution in [-0.4, -0.2) is 14.7 Å². The van der Waals surface area contributed by atoms with Gasteiger partial charge in [0.05, 0.1) is 17.3 Å². The van der Waals surface area contributed by atoms with E-state index in [4.69, 9.17) is 11.6 Å². The largest absolute Gasteiger partial charge is 0.310 e. The van der Waals surface area contributed by atoms with Crippen molar-refractivity contribution in [2.75, 3.05) is 0 Å². The summed E-state index contributed by atoms with van der Waals surface area (Å²) in [4.78, 5) is 18.2. The van der Waals surface area contributed by atoms with Gasteiger partial charge < -0.3 is 4.98 Å². The van der Waals surface area contributed by atoms with Crippen LogP contribution in [0.3, 0.4) is 0 Å². The van der Waals surface area contributed by atoms with Crippen LogP contribution in [0.2, 0.25) is 0 Å². The zero-order chi connectivity index (χ0) is 11.5. The molecule has 15 heavy (non-hydrogen) atoms. The normalized spacial score (nSPS) is 11.7. The Kier molecular flexibility index (Phi) is 4.22. The van der Waals surface area contributed by atoms with E-state index in [0.29, 0.717) is 17.3 Å². The van der Waals surface area contributed by atoms with Crippen molar-refractivity contribution in [1.82, 2.24) is 9.97 Å². The van der Waals surface area contributed by atoms with Crippen molar-refractivity contribution in [2.24, 2.45) is 0 Å². The Morgan fingerprint density at radius 1 is 1.53 bits per heavy atom. The van der Waals surface area contributed by atoms with E-state index in [0.717, 1.165) is 0 Å². The van der Waals surface area contributed by atoms with Gasteiger partial charge in [-0.25, -0.2) is 4.98 Å². The molecule has 0 fully saturated rings. The van der Waals surface area contributed by atoms with Crippen molar-refractivity contribution in [3.63, 3.8) is 0 Å². The molecule has 0 aliphatic rings. The van der Waals surface area contributed by atoms with Gasteiger partial charge in [-0.1, -0.05) is 20.8 Å². The fraction of sp³-hybridized carbons (Fsp3) is 0.600. The van der Waals surface area contributed by atoms with Crippen molar-refractivity contribution >= 4 is 23.4 Å². The highest BCUT2D eigenvalue weighted by molar-refractivity contribution is 7.99. The number of rotatable bonds is 3. The molecule has 1 rings (SSSR count). The first-order valence-corrected chi connectivity index (χ1v) is 6.22. The lowest BCUT2D eigenvalue weighted by molar-refractivity contribution is 0.799. The van der Waals surface area contributed by atoms with Crippen molar-refractivity contribution < 1.29 is 0 Å². The molecule has 5 heteroatoms. The quantitative estimate of drug-likeness (QED) is 0.834. The summed E-state index contributed by atoms with van der Waals surface area (Å²) in [5.74, 6) is 1.67. The minimum Gasteiger partial charge on any atom is -0.310 e. The van der Waals surface area contributed by atoms with E-state index < -0.39 is 0 Å². The molecule has 0 spiro atoms. The third kappa shape index (κ3) is 4.71. The molecular weight excluding hydrogens is 232 g/mol. The van der Waals surface area contributed by atoms with E-state index in [1.54, 1.807) is 11.8 Å². The molecule has 0 saturated heterocycles. The molecule has 0 saturated carbocycles. The Bertz CT molecular complexity index is 384. The monoisotopic (exact) mass is 246 g/mol. The van der Waals surface area contributed by atoms with Crippen LogP contribution in [-0.2, 0) is 11.6 Å². The van der Waals surface area contributed by atoms with Crippen LogP contribution in [0.5, 0.6) is 0 Å². The Labute approximate surface area is 98.6 Å². The lowest BCUT2D eigenvalue weighted by atomic mass is 10.3. The van der Waals surface area contributed by atoms with Gasteiger partial charge in [0, 0.05) is 10.8 Å². The Morgan fingerprint density at radius 3 is 2.73 bits per heavy atom. The molecule has 3 nitrogen and oxygen atoms in total. The van der Waals surface area contributed by atoms with E-state index >= 15 is 0 Å². The molecule has 0 aliphatic carbocycles. The van der Waals surface area contributed by atoms with Crippen LogP contribution in [0.1, 0.15) is 32.3 Å². The maximum absolute atomic E-state index is 11.2. The fourth-order valence-electron chi connectivity index (χ4n) is 0.985. The third-order valence-electron chi connectivity index (χ3n) is 1.62. The predicted octanol–water partition coefficient (Wildman–Crippen LogP) is 2.54. The van der Waals surface area contributed by atoms with Crippen LogP contribution >= 0.6 is 23.4 Å². The van der Waals surface area contributed by atoms with Crippen LogP contribution in [0.25, 0.3) is 0 Å². The summed E-state index contributed by atoms with van der Waals surface area (Å²) in [6.45, 7) is 6.38. The second-order valence-corrected chi connectivity index (χ2v) is 6.29. The molecule has 0 radical (unpaired) electrons. The number of aromatic amines is 1. The molecule has 0 aliphatic heterocycles. The molecule has 1 heterocycles. The number of hydrogen-bond acceptors (Lipinski definition) is 3. The summed E-state index contributed by atoms with van der Waals surface area (Å²) in [6, 6.07) is 1.43. The zero-order valence-electron chi connectivity index (χ0n) is 9.13. The van der Waals surface area contributed by atoms with E-state index in [2.05, 4.69) is 30.7 Å². The van der Waals surface area contributed by atoms with Crippen LogP contribution in [0.15, 0.2) is 10.9 Å². The fourth-order valence-corrected chi connectivity index (χ4v) is 1.83. The summed E-state index contributed by atoms with van der Waals surface area (Å²) in [7, 11) is 0. The van der Waals surface area contributed by atoms with Gasteiger partial charge in [0.1, 0.15) is 5.82 Å². The van der Waals surface area contributed by atoms with Crippen LogP contribution < -0.4 is 5.56 Å². The van der Waals surface area contributed by atoms with Crippen molar-refractivity contribution in [1.29, 1.82) is 0 Å². The molecule has 0 unspecified atom stereocenters. The minimum absolute atomic E-state index is 0.134. The predicted molar refractivity (Wildman–Crippen MR) is 65.5 cm³/mol. The second-order valence-electron chi connectivity index (χ2n) is 4.22. The molecule has 0 amide bonds. The van der Waals surface area contributed by atoms with E-state index in [-0.39, 0.29) is 16.2 Å². The van der Waals surface area contributed by atoms with Gasteiger partial charge in [0.2, 0.25) is 0 Å². The summed E-state index contributed by atoms with van der Waals surface area (Å²) >= 11 is 7.38. The molecule has 84 valence electrons. The van der Waals surface area contributed by atoms with Gasteiger partial charge in [-0.2, -0.15) is 0 Å². The first-order valence-electron chi connectivity index (χ1n) is 4.70. The summed E-state index contributed by atoms with van der Waals surface area (Å²) in [6.07, 6.45) is 0. The number of nitrogens with zero attached hydrogens (tertiary/aromatic N) is 1. The highest BCUT2D eigenvalue weighted by Crippen LogP contribution is 2.25. The van der Waals surface area contributed by atoms with Gasteiger partial charge in [0.25, 0.3) is 5.56 Å². The van der Waals surface area contributed by atoms with Crippen LogP contribution in [0.4, 0.5) is 0 Å². The van der Waals surface area contributed by atoms with E-state index in [1.807, 2.05) is 0 Å². The zero-order valence-corrected chi connectivity index (χ0v) is 10.7. The maximum atomic E-state index is 11.2. The molecule has 0 aromatic carbocycles. The average molecular weight is 247 g/mol. The third-order valence-corrected chi connectivity index (χ3v) is 3.18. The number of halogens is 1. The van der Waals surface area contributed by atoms with Gasteiger partial charge >= 0.3 is 0 Å². The van der Waals surface area contributed by atoms with Crippen molar-refractivity contribution in [3.05, 3.63) is 27.9 Å². The van der Waals surface area contributed by atoms with Gasteiger partial charge in [-0.15, -0.1) is 23.4 Å². The van der Waals surface area contributed by atoms with Gasteiger partial charge in [-0.05, 0) is 0 Å². The first kappa shape index (κ1) is 12.6. The highest BCUT2D eigenvalue weighted by atomic mass is 35.5. The van der Waals surface area contributed by atoms with Crippen molar-refractivity contribution in [3.8, 4) is 0 Å². The SMILES string of the molecule is CC(C)(C)SCc1nc(CCl)cc(=O)[nH]1. The highest BCUT2D eigenvalue weighted by Gasteiger charge is 2.11. The number of alkyl halides is 1. The summed E-state index contributed by atoms with van der Waals surface area (Å²) in [5, 5.41) is 0. The number of thioether (sulfide) groups is 1. The Balaban J connectivity index is 2.77. The average Bonchev–Trinajstić information content (AvgIpc) is 2.13.